The predicted molar refractivity (Wildman–Crippen MR) is 148 cm³/mol. The Morgan fingerprint density at radius 1 is 1.00 bits per heavy atom. The molecular weight excluding hydrogens is 518 g/mol. The van der Waals surface area contributed by atoms with Crippen molar-refractivity contribution in [3.05, 3.63) is 58.3 Å². The molecule has 0 bridgehead atoms. The van der Waals surface area contributed by atoms with E-state index in [1.807, 2.05) is 48.0 Å². The van der Waals surface area contributed by atoms with E-state index in [0.717, 1.165) is 10.8 Å². The highest BCUT2D eigenvalue weighted by Crippen LogP contribution is 2.49. The summed E-state index contributed by atoms with van der Waals surface area (Å²) in [5.74, 6) is -1.31. The van der Waals surface area contributed by atoms with Gasteiger partial charge in [0.05, 0.1) is 55.1 Å². The molecule has 0 aliphatic carbocycles. The van der Waals surface area contributed by atoms with E-state index >= 15 is 0 Å². The Kier molecular flexibility index (Phi) is 7.16. The minimum absolute atomic E-state index is 0.108. The molecule has 0 spiro atoms. The molecule has 0 unspecified atom stereocenters. The maximum Gasteiger partial charge on any atom is 0.305 e. The minimum atomic E-state index is -1.03. The van der Waals surface area contributed by atoms with Crippen molar-refractivity contribution in [1.29, 1.82) is 0 Å². The molecular formula is C30H31NO9. The third-order valence-electron chi connectivity index (χ3n) is 7.36. The quantitative estimate of drug-likeness (QED) is 0.291. The number of carboxylic acid groups (broad SMARTS) is 2. The molecule has 3 aromatic carbocycles. The molecule has 210 valence electrons. The Labute approximate surface area is 229 Å². The summed E-state index contributed by atoms with van der Waals surface area (Å²) in [6.07, 6.45) is -2.17. The van der Waals surface area contributed by atoms with Gasteiger partial charge in [0.15, 0.2) is 0 Å². The lowest BCUT2D eigenvalue weighted by Gasteiger charge is -2.44. The number of hydrogen-bond donors (Lipinski definition) is 2. The van der Waals surface area contributed by atoms with Gasteiger partial charge in [0.1, 0.15) is 29.3 Å². The number of aromatic nitrogens is 1. The second-order valence-corrected chi connectivity index (χ2v) is 10.4. The number of rotatable bonds is 9. The Bertz CT molecular complexity index is 1710. The molecule has 10 nitrogen and oxygen atoms in total. The normalized spacial score (nSPS) is 18.0. The van der Waals surface area contributed by atoms with Gasteiger partial charge in [-0.3, -0.25) is 14.4 Å². The minimum Gasteiger partial charge on any atom is -0.496 e. The van der Waals surface area contributed by atoms with Gasteiger partial charge in [-0.05, 0) is 36.8 Å². The first-order valence-electron chi connectivity index (χ1n) is 13.0. The molecule has 1 aliphatic heterocycles. The Balaban J connectivity index is 1.82. The van der Waals surface area contributed by atoms with Crippen molar-refractivity contribution in [2.45, 2.75) is 44.5 Å². The van der Waals surface area contributed by atoms with Crippen LogP contribution < -0.4 is 14.9 Å². The van der Waals surface area contributed by atoms with Crippen LogP contribution >= 0.6 is 0 Å². The van der Waals surface area contributed by atoms with Crippen LogP contribution in [0.2, 0.25) is 0 Å². The highest BCUT2D eigenvalue weighted by molar-refractivity contribution is 6.04. The predicted octanol–water partition coefficient (Wildman–Crippen LogP) is 4.42. The van der Waals surface area contributed by atoms with E-state index in [1.54, 1.807) is 19.9 Å². The maximum atomic E-state index is 14.1. The van der Waals surface area contributed by atoms with Gasteiger partial charge in [-0.1, -0.05) is 24.3 Å². The molecule has 2 N–H and O–H groups in total. The highest BCUT2D eigenvalue weighted by atomic mass is 16.6. The number of carbonyl (C=O) groups is 2. The van der Waals surface area contributed by atoms with Crippen molar-refractivity contribution in [1.82, 2.24) is 4.57 Å². The summed E-state index contributed by atoms with van der Waals surface area (Å²) in [6, 6.07) is 13.2. The first-order valence-corrected chi connectivity index (χ1v) is 13.0. The zero-order chi connectivity index (χ0) is 28.8. The van der Waals surface area contributed by atoms with Gasteiger partial charge in [0.25, 0.3) is 0 Å². The van der Waals surface area contributed by atoms with Gasteiger partial charge in [0, 0.05) is 18.5 Å². The summed E-state index contributed by atoms with van der Waals surface area (Å²) in [5, 5.41) is 21.2. The molecule has 0 fully saturated rings. The second kappa shape index (κ2) is 10.4. The third kappa shape index (κ3) is 4.73. The number of nitrogens with zero attached hydrogens (tertiary/aromatic N) is 1. The number of pyridine rings is 1. The lowest BCUT2D eigenvalue weighted by molar-refractivity contribution is -0.168. The Hall–Kier alpha value is -4.15. The van der Waals surface area contributed by atoms with Gasteiger partial charge in [-0.2, -0.15) is 0 Å². The van der Waals surface area contributed by atoms with E-state index in [9.17, 15) is 24.6 Å². The van der Waals surface area contributed by atoms with E-state index < -0.39 is 29.7 Å². The molecule has 1 aromatic heterocycles. The molecule has 4 aromatic rings. The van der Waals surface area contributed by atoms with Crippen LogP contribution in [-0.4, -0.2) is 58.7 Å². The van der Waals surface area contributed by atoms with Crippen molar-refractivity contribution in [2.24, 2.45) is 7.05 Å². The Morgan fingerprint density at radius 3 is 2.25 bits per heavy atom. The molecule has 5 rings (SSSR count). The number of carboxylic acids is 2. The monoisotopic (exact) mass is 549 g/mol. The number of ether oxygens (including phenoxy) is 4. The second-order valence-electron chi connectivity index (χ2n) is 10.4. The van der Waals surface area contributed by atoms with Crippen LogP contribution in [0.15, 0.2) is 47.3 Å². The number of aryl methyl sites for hydroxylation is 1. The van der Waals surface area contributed by atoms with E-state index in [0.29, 0.717) is 38.9 Å². The highest BCUT2D eigenvalue weighted by Gasteiger charge is 2.47. The maximum absolute atomic E-state index is 14.1. The summed E-state index contributed by atoms with van der Waals surface area (Å²) in [6.45, 7) is 3.34. The molecule has 2 atom stereocenters. The lowest BCUT2D eigenvalue weighted by atomic mass is 9.86. The Morgan fingerprint density at radius 2 is 1.62 bits per heavy atom. The van der Waals surface area contributed by atoms with Crippen LogP contribution in [0, 0.1) is 0 Å². The topological polar surface area (TPSA) is 134 Å². The van der Waals surface area contributed by atoms with Crippen LogP contribution in [0.5, 0.6) is 11.5 Å². The first-order chi connectivity index (χ1) is 19.0. The van der Waals surface area contributed by atoms with Crippen LogP contribution in [0.1, 0.15) is 38.4 Å². The number of benzene rings is 3. The molecule has 0 saturated carbocycles. The van der Waals surface area contributed by atoms with E-state index in [2.05, 4.69) is 0 Å². The summed E-state index contributed by atoms with van der Waals surface area (Å²) in [5.41, 5.74) is 0.472. The zero-order valence-electron chi connectivity index (χ0n) is 22.7. The number of hydrogen-bond acceptors (Lipinski definition) is 7. The van der Waals surface area contributed by atoms with Crippen molar-refractivity contribution < 1.29 is 38.7 Å². The largest absolute Gasteiger partial charge is 0.496 e. The lowest BCUT2D eigenvalue weighted by Crippen LogP contribution is -2.51. The van der Waals surface area contributed by atoms with Crippen molar-refractivity contribution in [2.75, 3.05) is 20.3 Å². The van der Waals surface area contributed by atoms with Crippen LogP contribution in [0.3, 0.4) is 0 Å². The van der Waals surface area contributed by atoms with E-state index in [4.69, 9.17) is 18.9 Å². The number of fused-ring (bicyclic) bond motifs is 5. The van der Waals surface area contributed by atoms with Gasteiger partial charge < -0.3 is 33.7 Å². The number of methoxy groups -OCH3 is 1. The molecule has 0 saturated heterocycles. The van der Waals surface area contributed by atoms with E-state index in [-0.39, 0.29) is 31.5 Å². The summed E-state index contributed by atoms with van der Waals surface area (Å²) in [7, 11) is 3.32. The van der Waals surface area contributed by atoms with Crippen molar-refractivity contribution >= 4 is 44.5 Å². The first kappa shape index (κ1) is 27.4. The van der Waals surface area contributed by atoms with Gasteiger partial charge in [0.2, 0.25) is 5.43 Å². The van der Waals surface area contributed by atoms with Gasteiger partial charge in [-0.25, -0.2) is 0 Å². The number of aliphatic carboxylic acids is 2. The van der Waals surface area contributed by atoms with E-state index in [1.165, 1.54) is 7.11 Å². The van der Waals surface area contributed by atoms with Crippen LogP contribution in [0.25, 0.3) is 32.6 Å². The standard InChI is InChI=1S/C30H31NO9/c1-30(2)29(39-12-10-23(34)35)28(38-11-9-22(32)33)25-21(40-30)15-20(37-4)24-26(25)31(3)19-14-17-8-6-5-7-16(17)13-18(19)27(24)36/h5-8,13-15,28-29H,9-12H2,1-4H3,(H,32,33)(H,34,35)/t28-,29-/m1/s1. The van der Waals surface area contributed by atoms with Gasteiger partial charge in [-0.15, -0.1) is 0 Å². The van der Waals surface area contributed by atoms with Crippen LogP contribution in [-0.2, 0) is 26.1 Å². The van der Waals surface area contributed by atoms with Crippen molar-refractivity contribution in [3.8, 4) is 11.5 Å². The molecule has 0 radical (unpaired) electrons. The molecule has 10 heteroatoms. The summed E-state index contributed by atoms with van der Waals surface area (Å²) >= 11 is 0. The van der Waals surface area contributed by atoms with Crippen molar-refractivity contribution in [3.63, 3.8) is 0 Å². The molecule has 40 heavy (non-hydrogen) atoms. The third-order valence-corrected chi connectivity index (χ3v) is 7.36. The van der Waals surface area contributed by atoms with Crippen LogP contribution in [0.4, 0.5) is 0 Å². The smallest absolute Gasteiger partial charge is 0.305 e. The zero-order valence-corrected chi connectivity index (χ0v) is 22.7. The molecule has 1 aliphatic rings. The fourth-order valence-electron chi connectivity index (χ4n) is 5.53. The fraction of sp³-hybridized carbons (Fsp3) is 0.367. The fourth-order valence-corrected chi connectivity index (χ4v) is 5.53. The average Bonchev–Trinajstić information content (AvgIpc) is 2.90. The summed E-state index contributed by atoms with van der Waals surface area (Å²) in [4.78, 5) is 36.6. The molecule has 2 heterocycles. The SMILES string of the molecule is COc1cc2c(c3c1c(=O)c1cc4ccccc4cc1n3C)[C@@H](OCCC(=O)O)[C@@H](OCCC(=O)O)C(C)(C)O2. The average molecular weight is 550 g/mol. The molecule has 0 amide bonds. The van der Waals surface area contributed by atoms with Gasteiger partial charge >= 0.3 is 11.9 Å². The summed E-state index contributed by atoms with van der Waals surface area (Å²) < 4.78 is 26.2.